The Morgan fingerprint density at radius 3 is 2.48 bits per heavy atom. The van der Waals surface area contributed by atoms with E-state index < -0.39 is 18.0 Å². The maximum atomic E-state index is 11.3. The van der Waals surface area contributed by atoms with Crippen LogP contribution in [-0.2, 0) is 4.79 Å². The number of carbonyl (C=O) groups is 1. The average Bonchev–Trinajstić information content (AvgIpc) is 2.95. The zero-order valence-corrected chi connectivity index (χ0v) is 13.6. The van der Waals surface area contributed by atoms with Gasteiger partial charge in [0.15, 0.2) is 11.5 Å². The molecule has 0 spiro atoms. The Morgan fingerprint density at radius 2 is 1.90 bits per heavy atom. The summed E-state index contributed by atoms with van der Waals surface area (Å²) in [5.74, 6) is -0.550. The largest absolute Gasteiger partial charge is 0.493 e. The number of aliphatic hydroxyl groups excluding tert-OH is 1. The molecule has 0 saturated heterocycles. The predicted molar refractivity (Wildman–Crippen MR) is 80.7 cm³/mol. The van der Waals surface area contributed by atoms with Crippen LogP contribution in [0.15, 0.2) is 16.6 Å². The van der Waals surface area contributed by atoms with Gasteiger partial charge < -0.3 is 19.7 Å². The number of hydrogen-bond donors (Lipinski definition) is 2. The first kappa shape index (κ1) is 16.1. The van der Waals surface area contributed by atoms with E-state index in [9.17, 15) is 15.0 Å². The molecule has 6 heteroatoms. The summed E-state index contributed by atoms with van der Waals surface area (Å²) in [5.41, 5.74) is 0.630. The number of benzene rings is 1. The number of aliphatic hydroxyl groups is 1. The van der Waals surface area contributed by atoms with Crippen LogP contribution in [0, 0.1) is 11.8 Å². The zero-order valence-electron chi connectivity index (χ0n) is 12.0. The Labute approximate surface area is 132 Å². The second-order valence-electron chi connectivity index (χ2n) is 5.21. The lowest BCUT2D eigenvalue weighted by Crippen LogP contribution is -2.24. The number of carboxylic acid groups (broad SMARTS) is 1. The highest BCUT2D eigenvalue weighted by atomic mass is 79.9. The number of rotatable bonds is 5. The van der Waals surface area contributed by atoms with Crippen LogP contribution in [0.4, 0.5) is 0 Å². The highest BCUT2D eigenvalue weighted by Crippen LogP contribution is 2.44. The van der Waals surface area contributed by atoms with Gasteiger partial charge in [-0.1, -0.05) is 22.4 Å². The normalized spacial score (nSPS) is 22.9. The third-order valence-electron chi connectivity index (χ3n) is 4.11. The number of aliphatic carboxylic acids is 1. The fourth-order valence-corrected chi connectivity index (χ4v) is 3.56. The van der Waals surface area contributed by atoms with E-state index in [1.807, 2.05) is 0 Å². The Morgan fingerprint density at radius 1 is 1.29 bits per heavy atom. The van der Waals surface area contributed by atoms with Gasteiger partial charge in [0.25, 0.3) is 0 Å². The average molecular weight is 359 g/mol. The molecule has 3 atom stereocenters. The van der Waals surface area contributed by atoms with Crippen molar-refractivity contribution in [3.63, 3.8) is 0 Å². The topological polar surface area (TPSA) is 76.0 Å². The van der Waals surface area contributed by atoms with E-state index in [1.54, 1.807) is 12.1 Å². The van der Waals surface area contributed by atoms with Gasteiger partial charge in [-0.2, -0.15) is 0 Å². The molecule has 1 aromatic rings. The van der Waals surface area contributed by atoms with Crippen molar-refractivity contribution >= 4 is 21.9 Å². The quantitative estimate of drug-likeness (QED) is 0.845. The first-order chi connectivity index (χ1) is 9.99. The van der Waals surface area contributed by atoms with Crippen molar-refractivity contribution in [2.75, 3.05) is 14.2 Å². The Kier molecular flexibility index (Phi) is 5.11. The lowest BCUT2D eigenvalue weighted by atomic mass is 9.87. The molecule has 3 unspecified atom stereocenters. The number of methoxy groups -OCH3 is 2. The van der Waals surface area contributed by atoms with Crippen LogP contribution in [0.1, 0.15) is 30.9 Å². The maximum absolute atomic E-state index is 11.3. The van der Waals surface area contributed by atoms with E-state index in [1.165, 1.54) is 14.2 Å². The molecule has 5 nitrogen and oxygen atoms in total. The lowest BCUT2D eigenvalue weighted by molar-refractivity contribution is -0.144. The fourth-order valence-electron chi connectivity index (χ4n) is 3.00. The first-order valence-corrected chi connectivity index (χ1v) is 7.61. The van der Waals surface area contributed by atoms with E-state index in [0.717, 1.165) is 6.42 Å². The molecule has 21 heavy (non-hydrogen) atoms. The Bertz CT molecular complexity index is 531. The van der Waals surface area contributed by atoms with Gasteiger partial charge in [0.05, 0.1) is 26.2 Å². The van der Waals surface area contributed by atoms with Gasteiger partial charge in [0, 0.05) is 10.4 Å². The molecule has 0 aliphatic heterocycles. The van der Waals surface area contributed by atoms with Crippen LogP contribution in [0.3, 0.4) is 0 Å². The summed E-state index contributed by atoms with van der Waals surface area (Å²) in [5, 5.41) is 19.9. The molecule has 1 saturated carbocycles. The van der Waals surface area contributed by atoms with Crippen molar-refractivity contribution in [1.82, 2.24) is 0 Å². The standard InChI is InChI=1S/C15H19BrO5/c1-20-12-6-10(11(16)7-13(12)21-2)14(17)8-4-3-5-9(8)15(18)19/h6-9,14,17H,3-5H2,1-2H3,(H,18,19). The highest BCUT2D eigenvalue weighted by Gasteiger charge is 2.38. The summed E-state index contributed by atoms with van der Waals surface area (Å²) in [4.78, 5) is 11.3. The minimum atomic E-state index is -0.845. The molecule has 0 aromatic heterocycles. The van der Waals surface area contributed by atoms with Gasteiger partial charge in [-0.3, -0.25) is 4.79 Å². The molecule has 1 fully saturated rings. The molecule has 2 N–H and O–H groups in total. The Balaban J connectivity index is 2.34. The van der Waals surface area contributed by atoms with Gasteiger partial charge in [0.2, 0.25) is 0 Å². The molecule has 1 aliphatic rings. The zero-order chi connectivity index (χ0) is 15.6. The van der Waals surface area contributed by atoms with Crippen molar-refractivity contribution in [3.8, 4) is 11.5 Å². The molecule has 0 bridgehead atoms. The number of hydrogen-bond acceptors (Lipinski definition) is 4. The van der Waals surface area contributed by atoms with Crippen molar-refractivity contribution in [3.05, 3.63) is 22.2 Å². The third kappa shape index (κ3) is 3.16. The van der Waals surface area contributed by atoms with Crippen LogP contribution in [0.2, 0.25) is 0 Å². The number of halogens is 1. The SMILES string of the molecule is COc1cc(Br)c(C(O)C2CCCC2C(=O)O)cc1OC. The first-order valence-electron chi connectivity index (χ1n) is 6.81. The molecule has 1 aromatic carbocycles. The predicted octanol–water partition coefficient (Wildman–Crippen LogP) is 3.00. The highest BCUT2D eigenvalue weighted by molar-refractivity contribution is 9.10. The maximum Gasteiger partial charge on any atom is 0.306 e. The van der Waals surface area contributed by atoms with Gasteiger partial charge in [-0.15, -0.1) is 0 Å². The van der Waals surface area contributed by atoms with Gasteiger partial charge in [0.1, 0.15) is 0 Å². The fraction of sp³-hybridized carbons (Fsp3) is 0.533. The van der Waals surface area contributed by atoms with Gasteiger partial charge in [-0.05, 0) is 30.5 Å². The number of ether oxygens (including phenoxy) is 2. The second kappa shape index (κ2) is 6.66. The van der Waals surface area contributed by atoms with Crippen LogP contribution >= 0.6 is 15.9 Å². The van der Waals surface area contributed by atoms with E-state index in [0.29, 0.717) is 34.4 Å². The lowest BCUT2D eigenvalue weighted by Gasteiger charge is -2.24. The van der Waals surface area contributed by atoms with Crippen LogP contribution in [0.25, 0.3) is 0 Å². The smallest absolute Gasteiger partial charge is 0.306 e. The minimum Gasteiger partial charge on any atom is -0.493 e. The van der Waals surface area contributed by atoms with Crippen LogP contribution in [-0.4, -0.2) is 30.4 Å². The van der Waals surface area contributed by atoms with E-state index >= 15 is 0 Å². The molecule has 2 rings (SSSR count). The second-order valence-corrected chi connectivity index (χ2v) is 6.07. The van der Waals surface area contributed by atoms with Gasteiger partial charge in [-0.25, -0.2) is 0 Å². The summed E-state index contributed by atoms with van der Waals surface area (Å²) < 4.78 is 11.1. The minimum absolute atomic E-state index is 0.281. The van der Waals surface area contributed by atoms with Crippen molar-refractivity contribution in [2.45, 2.75) is 25.4 Å². The summed E-state index contributed by atoms with van der Waals surface area (Å²) >= 11 is 3.41. The summed E-state index contributed by atoms with van der Waals surface area (Å²) in [6.07, 6.45) is 1.30. The third-order valence-corrected chi connectivity index (χ3v) is 4.80. The van der Waals surface area contributed by atoms with E-state index in [-0.39, 0.29) is 5.92 Å². The summed E-state index contributed by atoms with van der Waals surface area (Å²) in [7, 11) is 3.06. The van der Waals surface area contributed by atoms with Crippen LogP contribution in [0.5, 0.6) is 11.5 Å². The molecule has 0 heterocycles. The van der Waals surface area contributed by atoms with E-state index in [4.69, 9.17) is 9.47 Å². The summed E-state index contributed by atoms with van der Waals surface area (Å²) in [6, 6.07) is 3.42. The van der Waals surface area contributed by atoms with Crippen molar-refractivity contribution in [2.24, 2.45) is 11.8 Å². The molecule has 0 amide bonds. The molecular weight excluding hydrogens is 340 g/mol. The molecular formula is C15H19BrO5. The van der Waals surface area contributed by atoms with Crippen LogP contribution < -0.4 is 9.47 Å². The Hall–Kier alpha value is -1.27. The van der Waals surface area contributed by atoms with E-state index in [2.05, 4.69) is 15.9 Å². The molecule has 0 radical (unpaired) electrons. The monoisotopic (exact) mass is 358 g/mol. The van der Waals surface area contributed by atoms with Gasteiger partial charge >= 0.3 is 5.97 Å². The number of carboxylic acids is 1. The van der Waals surface area contributed by atoms with Crippen molar-refractivity contribution in [1.29, 1.82) is 0 Å². The summed E-state index contributed by atoms with van der Waals surface area (Å²) in [6.45, 7) is 0. The molecule has 1 aliphatic carbocycles. The molecule has 116 valence electrons. The van der Waals surface area contributed by atoms with Crippen molar-refractivity contribution < 1.29 is 24.5 Å².